The van der Waals surface area contributed by atoms with Crippen LogP contribution in [0.2, 0.25) is 0 Å². The molecule has 0 aliphatic carbocycles. The van der Waals surface area contributed by atoms with E-state index in [1.807, 2.05) is 0 Å². The van der Waals surface area contributed by atoms with Gasteiger partial charge in [-0.1, -0.05) is 0 Å². The maximum Gasteiger partial charge on any atom is 0.254 e. The smallest absolute Gasteiger partial charge is 0.254 e. The lowest BCUT2D eigenvalue weighted by molar-refractivity contribution is 0.509. The van der Waals surface area contributed by atoms with Crippen LogP contribution in [0.1, 0.15) is 0 Å². The van der Waals surface area contributed by atoms with Gasteiger partial charge < -0.3 is 0 Å². The van der Waals surface area contributed by atoms with Gasteiger partial charge in [-0.3, -0.25) is 8.94 Å². The molecule has 0 aromatic rings. The molecular formula is CH5FO3S. The summed E-state index contributed by atoms with van der Waals surface area (Å²) in [7, 11) is -2.62. The van der Waals surface area contributed by atoms with Crippen LogP contribution in [0.3, 0.4) is 0 Å². The standard InChI is InChI=1S/CH3F.H2O3S/c1-2;1-4(2)3/h1H3;4H,(H,1,2,3). The van der Waals surface area contributed by atoms with E-state index in [0.717, 1.165) is 0 Å². The molecule has 0 heterocycles. The third-order valence-electron chi connectivity index (χ3n) is 0. The molecule has 0 rings (SSSR count). The second-order valence-electron chi connectivity index (χ2n) is 0.238. The van der Waals surface area contributed by atoms with Crippen molar-refractivity contribution in [1.29, 1.82) is 0 Å². The van der Waals surface area contributed by atoms with E-state index in [9.17, 15) is 4.39 Å². The first-order valence-electron chi connectivity index (χ1n) is 0.943. The zero-order valence-electron chi connectivity index (χ0n) is 3.09. The summed E-state index contributed by atoms with van der Waals surface area (Å²) in [4.78, 5) is 0. The topological polar surface area (TPSA) is 54.4 Å². The summed E-state index contributed by atoms with van der Waals surface area (Å²) in [5.74, 6) is 0. The lowest BCUT2D eigenvalue weighted by Crippen LogP contribution is -1.58. The Bertz CT molecular complexity index is 59.2. The number of hydrogen-bond donors (Lipinski definition) is 2. The largest absolute Gasteiger partial charge is 0.288 e. The Morgan fingerprint density at radius 2 is 1.50 bits per heavy atom. The maximum atomic E-state index is 9.50. The van der Waals surface area contributed by atoms with Gasteiger partial charge in [0.25, 0.3) is 11.0 Å². The van der Waals surface area contributed by atoms with Crippen LogP contribution in [0.4, 0.5) is 4.39 Å². The van der Waals surface area contributed by atoms with Gasteiger partial charge in [0, 0.05) is 0 Å². The zero-order chi connectivity index (χ0) is 5.58. The average molecular weight is 116 g/mol. The van der Waals surface area contributed by atoms with Gasteiger partial charge in [-0.2, -0.15) is 0 Å². The Morgan fingerprint density at radius 3 is 1.50 bits per heavy atom. The first kappa shape index (κ1) is 9.28. The maximum absolute atomic E-state index is 9.50. The van der Waals surface area contributed by atoms with Crippen LogP contribution >= 0.6 is 0 Å². The second kappa shape index (κ2) is 8.85. The third-order valence-corrected chi connectivity index (χ3v) is 0. The zero-order valence-corrected chi connectivity index (χ0v) is 3.98. The third kappa shape index (κ3) is 1210. The van der Waals surface area contributed by atoms with E-state index in [-0.39, 0.29) is 0 Å². The van der Waals surface area contributed by atoms with Crippen molar-refractivity contribution in [2.45, 2.75) is 0 Å². The molecule has 1 N–H and O–H groups in total. The summed E-state index contributed by atoms with van der Waals surface area (Å²) in [6, 6.07) is 0. The van der Waals surface area contributed by atoms with Gasteiger partial charge in [-0.05, 0) is 0 Å². The minimum Gasteiger partial charge on any atom is -0.288 e. The average Bonchev–Trinajstić information content (AvgIpc) is 1.41. The van der Waals surface area contributed by atoms with E-state index in [2.05, 4.69) is 0 Å². The fraction of sp³-hybridized carbons (Fsp3) is 1.00. The minimum atomic E-state index is -3.12. The van der Waals surface area contributed by atoms with E-state index in [4.69, 9.17) is 13.0 Å². The van der Waals surface area contributed by atoms with E-state index < -0.39 is 11.0 Å². The molecule has 3 nitrogen and oxygen atoms in total. The van der Waals surface area contributed by atoms with Crippen molar-refractivity contribution >= 4 is 11.0 Å². The van der Waals surface area contributed by atoms with Crippen molar-refractivity contribution in [1.82, 2.24) is 0 Å². The first-order valence-corrected chi connectivity index (χ1v) is 2.07. The number of hydrogen-bond acceptors (Lipinski definition) is 2. The van der Waals surface area contributed by atoms with E-state index in [1.54, 1.807) is 0 Å². The molecule has 0 saturated heterocycles. The van der Waals surface area contributed by atoms with Gasteiger partial charge in [-0.25, -0.2) is 8.42 Å². The van der Waals surface area contributed by atoms with Gasteiger partial charge in [-0.15, -0.1) is 0 Å². The molecular weight excluding hydrogens is 111 g/mol. The predicted molar refractivity (Wildman–Crippen MR) is 20.0 cm³/mol. The normalized spacial score (nSPS) is 6.67. The Balaban J connectivity index is 0. The summed E-state index contributed by atoms with van der Waals surface area (Å²) >= 11 is 0. The van der Waals surface area contributed by atoms with Crippen LogP contribution in [0.25, 0.3) is 0 Å². The molecule has 0 aromatic carbocycles. The Labute approximate surface area is 36.6 Å². The quantitative estimate of drug-likeness (QED) is 0.336. The first-order chi connectivity index (χ1) is 2.73. The molecule has 6 heavy (non-hydrogen) atoms. The fourth-order valence-electron chi connectivity index (χ4n) is 0. The highest BCUT2D eigenvalue weighted by atomic mass is 32.2. The molecule has 0 aliphatic rings. The molecule has 0 unspecified atom stereocenters. The van der Waals surface area contributed by atoms with Crippen LogP contribution in [0.15, 0.2) is 0 Å². The van der Waals surface area contributed by atoms with Crippen molar-refractivity contribution in [2.24, 2.45) is 0 Å². The van der Waals surface area contributed by atoms with Crippen LogP contribution < -0.4 is 0 Å². The van der Waals surface area contributed by atoms with Crippen LogP contribution in [0, 0.1) is 0 Å². The molecule has 0 fully saturated rings. The summed E-state index contributed by atoms with van der Waals surface area (Å²) < 4.78 is 33.7. The van der Waals surface area contributed by atoms with Crippen molar-refractivity contribution < 1.29 is 17.4 Å². The van der Waals surface area contributed by atoms with E-state index in [0.29, 0.717) is 7.18 Å². The Morgan fingerprint density at radius 1 is 1.50 bits per heavy atom. The predicted octanol–water partition coefficient (Wildman–Crippen LogP) is -0.343. The molecule has 0 aromatic heterocycles. The highest BCUT2D eigenvalue weighted by molar-refractivity contribution is 7.66. The minimum absolute atomic E-state index is 0.500. The monoisotopic (exact) mass is 116 g/mol. The molecule has 40 valence electrons. The number of rotatable bonds is 0. The highest BCUT2D eigenvalue weighted by Gasteiger charge is 1.44. The molecule has 0 saturated carbocycles. The van der Waals surface area contributed by atoms with Crippen LogP contribution in [-0.4, -0.2) is 20.1 Å². The number of thiol groups is 1. The molecule has 0 aliphatic heterocycles. The van der Waals surface area contributed by atoms with Gasteiger partial charge >= 0.3 is 0 Å². The van der Waals surface area contributed by atoms with Crippen molar-refractivity contribution in [3.63, 3.8) is 0 Å². The summed E-state index contributed by atoms with van der Waals surface area (Å²) in [5.41, 5.74) is 0. The number of alkyl halides is 1. The van der Waals surface area contributed by atoms with Crippen molar-refractivity contribution in [2.75, 3.05) is 7.18 Å². The molecule has 0 atom stereocenters. The van der Waals surface area contributed by atoms with Gasteiger partial charge in [0.05, 0.1) is 7.18 Å². The Kier molecular flexibility index (Phi) is 13.7. The summed E-state index contributed by atoms with van der Waals surface area (Å²) in [6.45, 7) is 0. The molecule has 0 spiro atoms. The van der Waals surface area contributed by atoms with Gasteiger partial charge in [0.2, 0.25) is 0 Å². The van der Waals surface area contributed by atoms with E-state index >= 15 is 0 Å². The fourth-order valence-corrected chi connectivity index (χ4v) is 0. The van der Waals surface area contributed by atoms with Crippen molar-refractivity contribution in [3.8, 4) is 0 Å². The Hall–Kier alpha value is -0.160. The molecule has 0 radical (unpaired) electrons. The van der Waals surface area contributed by atoms with Gasteiger partial charge in [0.1, 0.15) is 0 Å². The highest BCUT2D eigenvalue weighted by Crippen LogP contribution is 1.27. The lowest BCUT2D eigenvalue weighted by Gasteiger charge is -1.43. The number of halogens is 1. The SMILES string of the molecule is CF.O=[SH](=O)O. The van der Waals surface area contributed by atoms with Crippen LogP contribution in [-0.2, 0) is 11.0 Å². The molecule has 0 bridgehead atoms. The second-order valence-corrected chi connectivity index (χ2v) is 0.714. The lowest BCUT2D eigenvalue weighted by atomic mass is 11.9. The molecule has 0 amide bonds. The summed E-state index contributed by atoms with van der Waals surface area (Å²) in [6.07, 6.45) is 0. The summed E-state index contributed by atoms with van der Waals surface area (Å²) in [5, 5.41) is 0. The van der Waals surface area contributed by atoms with Crippen LogP contribution in [0.5, 0.6) is 0 Å². The van der Waals surface area contributed by atoms with E-state index in [1.165, 1.54) is 0 Å². The molecule has 5 heteroatoms. The van der Waals surface area contributed by atoms with Gasteiger partial charge in [0.15, 0.2) is 0 Å². The van der Waals surface area contributed by atoms with Crippen molar-refractivity contribution in [3.05, 3.63) is 0 Å².